The normalized spacial score (nSPS) is 10.7. The van der Waals surface area contributed by atoms with Crippen molar-refractivity contribution in [3.63, 3.8) is 0 Å². The first-order valence-corrected chi connectivity index (χ1v) is 9.38. The summed E-state index contributed by atoms with van der Waals surface area (Å²) in [4.78, 5) is 26.3. The number of methoxy groups -OCH3 is 1. The third kappa shape index (κ3) is 4.37. The summed E-state index contributed by atoms with van der Waals surface area (Å²) in [6, 6.07) is 8.61. The van der Waals surface area contributed by atoms with E-state index in [0.29, 0.717) is 34.2 Å². The first-order chi connectivity index (χ1) is 14.3. The molecule has 0 saturated carbocycles. The van der Waals surface area contributed by atoms with Crippen molar-refractivity contribution in [3.05, 3.63) is 70.0 Å². The van der Waals surface area contributed by atoms with Crippen LogP contribution in [0.25, 0.3) is 0 Å². The molecule has 2 heterocycles. The number of furan rings is 1. The average molecular weight is 412 g/mol. The van der Waals surface area contributed by atoms with Gasteiger partial charge in [0, 0.05) is 7.05 Å². The Morgan fingerprint density at radius 1 is 1.10 bits per heavy atom. The maximum atomic E-state index is 13.0. The standard InChI is InChI=1S/C22H24N2O6/c1-13-19(15(3)30-23-13)12-28-20-9-7-6-8-17(20)21(25)24(4)11-16-10-18(14(2)29-16)22(26)27-5/h6-10H,11-12H2,1-5H3. The Balaban J connectivity index is 1.74. The highest BCUT2D eigenvalue weighted by Gasteiger charge is 2.21. The van der Waals surface area contributed by atoms with Gasteiger partial charge in [0.25, 0.3) is 5.91 Å². The molecule has 0 unspecified atom stereocenters. The van der Waals surface area contributed by atoms with Gasteiger partial charge in [-0.2, -0.15) is 0 Å². The Hall–Kier alpha value is -3.55. The lowest BCUT2D eigenvalue weighted by Crippen LogP contribution is -2.26. The summed E-state index contributed by atoms with van der Waals surface area (Å²) in [7, 11) is 2.96. The summed E-state index contributed by atoms with van der Waals surface area (Å²) in [6.07, 6.45) is 0. The van der Waals surface area contributed by atoms with E-state index in [0.717, 1.165) is 11.3 Å². The summed E-state index contributed by atoms with van der Waals surface area (Å²) in [6.45, 7) is 5.77. The molecule has 0 bridgehead atoms. The van der Waals surface area contributed by atoms with E-state index in [1.54, 1.807) is 44.3 Å². The monoisotopic (exact) mass is 412 g/mol. The largest absolute Gasteiger partial charge is 0.488 e. The van der Waals surface area contributed by atoms with Crippen LogP contribution in [0.3, 0.4) is 0 Å². The molecule has 0 radical (unpaired) electrons. The number of carbonyl (C=O) groups is 2. The van der Waals surface area contributed by atoms with Crippen molar-refractivity contribution in [1.29, 1.82) is 0 Å². The number of para-hydroxylation sites is 1. The van der Waals surface area contributed by atoms with Crippen molar-refractivity contribution in [2.24, 2.45) is 0 Å². The summed E-state index contributed by atoms with van der Waals surface area (Å²) < 4.78 is 21.4. The Morgan fingerprint density at radius 3 is 2.50 bits per heavy atom. The number of carbonyl (C=O) groups excluding carboxylic acids is 2. The lowest BCUT2D eigenvalue weighted by Gasteiger charge is -2.18. The zero-order chi connectivity index (χ0) is 21.8. The molecule has 1 aromatic carbocycles. The summed E-state index contributed by atoms with van der Waals surface area (Å²) in [5.74, 6) is 1.36. The molecule has 0 spiro atoms. The first-order valence-electron chi connectivity index (χ1n) is 9.38. The quantitative estimate of drug-likeness (QED) is 0.544. The maximum Gasteiger partial charge on any atom is 0.341 e. The van der Waals surface area contributed by atoms with Gasteiger partial charge in [0.15, 0.2) is 0 Å². The lowest BCUT2D eigenvalue weighted by molar-refractivity contribution is 0.0598. The van der Waals surface area contributed by atoms with Crippen molar-refractivity contribution in [3.8, 4) is 5.75 Å². The molecule has 0 saturated heterocycles. The van der Waals surface area contributed by atoms with E-state index in [1.165, 1.54) is 12.0 Å². The number of hydrogen-bond donors (Lipinski definition) is 0. The first kappa shape index (κ1) is 21.2. The molecule has 30 heavy (non-hydrogen) atoms. The number of rotatable bonds is 7. The molecule has 8 nitrogen and oxygen atoms in total. The van der Waals surface area contributed by atoms with Crippen molar-refractivity contribution in [1.82, 2.24) is 10.1 Å². The number of ether oxygens (including phenoxy) is 2. The molecule has 1 amide bonds. The highest BCUT2D eigenvalue weighted by Crippen LogP contribution is 2.24. The number of amides is 1. The van der Waals surface area contributed by atoms with E-state index in [2.05, 4.69) is 5.16 Å². The molecular formula is C22H24N2O6. The van der Waals surface area contributed by atoms with Gasteiger partial charge in [-0.25, -0.2) is 4.79 Å². The molecule has 0 aliphatic rings. The van der Waals surface area contributed by atoms with Crippen LogP contribution in [-0.2, 0) is 17.9 Å². The SMILES string of the molecule is COC(=O)c1cc(CN(C)C(=O)c2ccccc2OCc2c(C)noc2C)oc1C. The van der Waals surface area contributed by atoms with E-state index in [1.807, 2.05) is 13.8 Å². The highest BCUT2D eigenvalue weighted by atomic mass is 16.5. The van der Waals surface area contributed by atoms with Crippen LogP contribution < -0.4 is 4.74 Å². The smallest absolute Gasteiger partial charge is 0.341 e. The van der Waals surface area contributed by atoms with Crippen molar-refractivity contribution >= 4 is 11.9 Å². The fourth-order valence-electron chi connectivity index (χ4n) is 3.07. The van der Waals surface area contributed by atoms with Crippen LogP contribution in [0, 0.1) is 20.8 Å². The second kappa shape index (κ2) is 8.86. The molecule has 3 rings (SSSR count). The van der Waals surface area contributed by atoms with Crippen molar-refractivity contribution in [2.75, 3.05) is 14.2 Å². The van der Waals surface area contributed by atoms with Crippen LogP contribution in [0.2, 0.25) is 0 Å². The van der Waals surface area contributed by atoms with Gasteiger partial charge in [0.1, 0.15) is 35.2 Å². The predicted molar refractivity (Wildman–Crippen MR) is 107 cm³/mol. The van der Waals surface area contributed by atoms with Crippen LogP contribution in [0.4, 0.5) is 0 Å². The third-order valence-electron chi connectivity index (χ3n) is 4.78. The van der Waals surface area contributed by atoms with Gasteiger partial charge in [-0.3, -0.25) is 4.79 Å². The summed E-state index contributed by atoms with van der Waals surface area (Å²) in [5.41, 5.74) is 2.37. The average Bonchev–Trinajstić information content (AvgIpc) is 3.26. The fraction of sp³-hybridized carbons (Fsp3) is 0.318. The number of benzene rings is 1. The molecular weight excluding hydrogens is 388 g/mol. The maximum absolute atomic E-state index is 13.0. The topological polar surface area (TPSA) is 95.0 Å². The Labute approximate surface area is 174 Å². The molecule has 2 aromatic heterocycles. The van der Waals surface area contributed by atoms with Crippen molar-refractivity contribution in [2.45, 2.75) is 33.9 Å². The second-order valence-corrected chi connectivity index (χ2v) is 6.92. The van der Waals surface area contributed by atoms with Crippen LogP contribution in [0.1, 0.15) is 49.3 Å². The zero-order valence-corrected chi connectivity index (χ0v) is 17.6. The van der Waals surface area contributed by atoms with Crippen LogP contribution in [-0.4, -0.2) is 36.1 Å². The molecule has 0 aliphatic heterocycles. The number of aryl methyl sites for hydroxylation is 3. The van der Waals surface area contributed by atoms with Crippen LogP contribution in [0.5, 0.6) is 5.75 Å². The number of aromatic nitrogens is 1. The molecule has 0 aliphatic carbocycles. The minimum absolute atomic E-state index is 0.189. The molecule has 0 N–H and O–H groups in total. The number of esters is 1. The Morgan fingerprint density at radius 2 is 1.83 bits per heavy atom. The van der Waals surface area contributed by atoms with Crippen LogP contribution >= 0.6 is 0 Å². The highest BCUT2D eigenvalue weighted by molar-refractivity contribution is 5.96. The number of nitrogens with zero attached hydrogens (tertiary/aromatic N) is 2. The number of hydrogen-bond acceptors (Lipinski definition) is 7. The fourth-order valence-corrected chi connectivity index (χ4v) is 3.07. The lowest BCUT2D eigenvalue weighted by atomic mass is 10.1. The Bertz CT molecular complexity index is 1050. The minimum atomic E-state index is -0.477. The predicted octanol–water partition coefficient (Wildman–Crippen LogP) is 3.83. The molecule has 0 fully saturated rings. The van der Waals surface area contributed by atoms with Gasteiger partial charge >= 0.3 is 5.97 Å². The zero-order valence-electron chi connectivity index (χ0n) is 17.6. The van der Waals surface area contributed by atoms with E-state index >= 15 is 0 Å². The van der Waals surface area contributed by atoms with Crippen LogP contribution in [0.15, 0.2) is 39.3 Å². The van der Waals surface area contributed by atoms with Gasteiger partial charge in [0.2, 0.25) is 0 Å². The van der Waals surface area contributed by atoms with Crippen molar-refractivity contribution < 1.29 is 28.0 Å². The molecule has 3 aromatic rings. The van der Waals surface area contributed by atoms with E-state index in [9.17, 15) is 9.59 Å². The van der Waals surface area contributed by atoms with E-state index < -0.39 is 5.97 Å². The Kier molecular flexibility index (Phi) is 6.25. The minimum Gasteiger partial charge on any atom is -0.488 e. The summed E-state index contributed by atoms with van der Waals surface area (Å²) in [5, 5.41) is 3.92. The van der Waals surface area contributed by atoms with Gasteiger partial charge in [-0.05, 0) is 39.0 Å². The van der Waals surface area contributed by atoms with E-state index in [-0.39, 0.29) is 19.1 Å². The second-order valence-electron chi connectivity index (χ2n) is 6.92. The molecule has 158 valence electrons. The summed E-state index contributed by atoms with van der Waals surface area (Å²) >= 11 is 0. The van der Waals surface area contributed by atoms with Gasteiger partial charge in [0.05, 0.1) is 30.5 Å². The third-order valence-corrected chi connectivity index (χ3v) is 4.78. The van der Waals surface area contributed by atoms with Gasteiger partial charge in [-0.1, -0.05) is 17.3 Å². The van der Waals surface area contributed by atoms with Gasteiger partial charge < -0.3 is 23.3 Å². The van der Waals surface area contributed by atoms with Gasteiger partial charge in [-0.15, -0.1) is 0 Å². The molecule has 8 heteroatoms. The molecule has 0 atom stereocenters. The van der Waals surface area contributed by atoms with E-state index in [4.69, 9.17) is 18.4 Å².